The molecule has 1 aromatic heterocycles. The molecular weight excluding hydrogens is 246 g/mol. The van der Waals surface area contributed by atoms with E-state index in [2.05, 4.69) is 56.4 Å². The molecule has 0 bridgehead atoms. The third-order valence-corrected chi connectivity index (χ3v) is 2.53. The minimum atomic E-state index is 0.525. The lowest BCUT2D eigenvalue weighted by atomic mass is 10.2. The van der Waals surface area contributed by atoms with Crippen molar-refractivity contribution in [3.05, 3.63) is 18.1 Å². The number of aryl methyl sites for hydroxylation is 1. The van der Waals surface area contributed by atoms with Gasteiger partial charge in [-0.2, -0.15) is 0 Å². The minimum absolute atomic E-state index is 0.525. The first kappa shape index (κ1) is 21.2. The second-order valence-corrected chi connectivity index (χ2v) is 5.29. The number of hydrogen-bond acceptors (Lipinski definition) is 3. The van der Waals surface area contributed by atoms with E-state index in [0.29, 0.717) is 6.04 Å². The van der Waals surface area contributed by atoms with Gasteiger partial charge in [0.25, 0.3) is 0 Å². The molecule has 3 nitrogen and oxygen atoms in total. The maximum atomic E-state index is 4.38. The summed E-state index contributed by atoms with van der Waals surface area (Å²) in [7, 11) is 0. The van der Waals surface area contributed by atoms with Crippen molar-refractivity contribution in [1.82, 2.24) is 9.97 Å². The Kier molecular flexibility index (Phi) is 13.7. The van der Waals surface area contributed by atoms with Crippen LogP contribution in [-0.4, -0.2) is 22.6 Å². The topological polar surface area (TPSA) is 29.0 Å². The molecule has 0 radical (unpaired) electrons. The zero-order valence-electron chi connectivity index (χ0n) is 15.1. The molecule has 0 aliphatic carbocycles. The molecular formula is C17H35N3. The third kappa shape index (κ3) is 9.76. The van der Waals surface area contributed by atoms with E-state index in [1.807, 2.05) is 33.2 Å². The van der Waals surface area contributed by atoms with Gasteiger partial charge in [0, 0.05) is 12.6 Å². The molecule has 0 N–H and O–H groups in total. The van der Waals surface area contributed by atoms with Crippen molar-refractivity contribution in [2.75, 3.05) is 11.4 Å². The summed E-state index contributed by atoms with van der Waals surface area (Å²) in [6.45, 7) is 20.0. The van der Waals surface area contributed by atoms with Crippen LogP contribution in [0.15, 0.2) is 12.4 Å². The normalized spacial score (nSPS) is 10.9. The van der Waals surface area contributed by atoms with Crippen molar-refractivity contribution in [3.63, 3.8) is 0 Å². The van der Waals surface area contributed by atoms with Crippen molar-refractivity contribution in [2.45, 2.75) is 74.8 Å². The first-order valence-corrected chi connectivity index (χ1v) is 7.97. The highest BCUT2D eigenvalue weighted by Crippen LogP contribution is 2.13. The van der Waals surface area contributed by atoms with E-state index in [4.69, 9.17) is 0 Å². The van der Waals surface area contributed by atoms with E-state index in [1.165, 1.54) is 0 Å². The lowest BCUT2D eigenvalue weighted by Gasteiger charge is -2.27. The van der Waals surface area contributed by atoms with Crippen LogP contribution in [0.3, 0.4) is 0 Å². The van der Waals surface area contributed by atoms with Gasteiger partial charge < -0.3 is 4.90 Å². The molecule has 0 fully saturated rings. The summed E-state index contributed by atoms with van der Waals surface area (Å²) in [5.41, 5.74) is 0.967. The van der Waals surface area contributed by atoms with Crippen LogP contribution < -0.4 is 4.90 Å². The predicted molar refractivity (Wildman–Crippen MR) is 91.4 cm³/mol. The van der Waals surface area contributed by atoms with Crippen LogP contribution in [0.25, 0.3) is 0 Å². The zero-order valence-corrected chi connectivity index (χ0v) is 15.1. The molecule has 1 atom stereocenters. The Morgan fingerprint density at radius 1 is 1.00 bits per heavy atom. The minimum Gasteiger partial charge on any atom is -0.353 e. The van der Waals surface area contributed by atoms with Gasteiger partial charge in [-0.3, -0.25) is 4.98 Å². The van der Waals surface area contributed by atoms with Crippen molar-refractivity contribution in [3.8, 4) is 0 Å². The first-order chi connectivity index (χ1) is 9.42. The second-order valence-electron chi connectivity index (χ2n) is 5.29. The van der Waals surface area contributed by atoms with E-state index in [-0.39, 0.29) is 0 Å². The average Bonchev–Trinajstić information content (AvgIpc) is 2.43. The second kappa shape index (κ2) is 12.9. The van der Waals surface area contributed by atoms with E-state index in [9.17, 15) is 0 Å². The van der Waals surface area contributed by atoms with Crippen LogP contribution in [-0.2, 0) is 0 Å². The first-order valence-electron chi connectivity index (χ1n) is 7.97. The standard InChI is InChI=1S/C11H19N3.C4H10.C2H6/c1-5-10(4)14(6-2)11-8-12-9(3)7-13-11;1-4(2)3;1-2/h7-8,10H,5-6H2,1-4H3;4H,1-3H3;1-2H3. The summed E-state index contributed by atoms with van der Waals surface area (Å²) in [4.78, 5) is 10.9. The molecule has 0 aromatic carbocycles. The Labute approximate surface area is 126 Å². The number of hydrogen-bond donors (Lipinski definition) is 0. The molecule has 0 aliphatic rings. The molecule has 1 aromatic rings. The molecule has 0 spiro atoms. The Morgan fingerprint density at radius 2 is 1.50 bits per heavy atom. The van der Waals surface area contributed by atoms with Gasteiger partial charge in [0.15, 0.2) is 0 Å². The molecule has 118 valence electrons. The van der Waals surface area contributed by atoms with Gasteiger partial charge in [0.05, 0.1) is 18.1 Å². The summed E-state index contributed by atoms with van der Waals surface area (Å²) < 4.78 is 0. The van der Waals surface area contributed by atoms with Gasteiger partial charge in [0.2, 0.25) is 0 Å². The maximum absolute atomic E-state index is 4.38. The Bertz CT molecular complexity index is 304. The molecule has 0 saturated heterocycles. The molecule has 1 rings (SSSR count). The van der Waals surface area contributed by atoms with Crippen LogP contribution >= 0.6 is 0 Å². The largest absolute Gasteiger partial charge is 0.353 e. The monoisotopic (exact) mass is 281 g/mol. The van der Waals surface area contributed by atoms with Crippen LogP contribution in [0.1, 0.15) is 67.5 Å². The van der Waals surface area contributed by atoms with Crippen LogP contribution in [0, 0.1) is 12.8 Å². The zero-order chi connectivity index (χ0) is 16.1. The fraction of sp³-hybridized carbons (Fsp3) is 0.765. The van der Waals surface area contributed by atoms with Crippen molar-refractivity contribution >= 4 is 5.82 Å². The van der Waals surface area contributed by atoms with Crippen molar-refractivity contribution in [2.24, 2.45) is 5.92 Å². The van der Waals surface area contributed by atoms with Crippen LogP contribution in [0.2, 0.25) is 0 Å². The molecule has 0 saturated carbocycles. The summed E-state index contributed by atoms with van der Waals surface area (Å²) >= 11 is 0. The number of rotatable bonds is 4. The van der Waals surface area contributed by atoms with E-state index in [1.54, 1.807) is 0 Å². The highest BCUT2D eigenvalue weighted by Gasteiger charge is 2.11. The van der Waals surface area contributed by atoms with E-state index in [0.717, 1.165) is 30.4 Å². The number of nitrogens with zero attached hydrogens (tertiary/aromatic N) is 3. The Hall–Kier alpha value is -1.12. The van der Waals surface area contributed by atoms with Crippen molar-refractivity contribution in [1.29, 1.82) is 0 Å². The Morgan fingerprint density at radius 3 is 1.80 bits per heavy atom. The van der Waals surface area contributed by atoms with Gasteiger partial charge in [-0.1, -0.05) is 41.5 Å². The Balaban J connectivity index is 0. The highest BCUT2D eigenvalue weighted by atomic mass is 15.2. The SMILES string of the molecule is CC.CC(C)C.CCC(C)N(CC)c1cnc(C)cn1. The quantitative estimate of drug-likeness (QED) is 0.769. The average molecular weight is 281 g/mol. The molecule has 20 heavy (non-hydrogen) atoms. The van der Waals surface area contributed by atoms with Gasteiger partial charge >= 0.3 is 0 Å². The van der Waals surface area contributed by atoms with Gasteiger partial charge in [0.1, 0.15) is 5.82 Å². The molecule has 1 heterocycles. The fourth-order valence-electron chi connectivity index (χ4n) is 1.45. The number of aromatic nitrogens is 2. The van der Waals surface area contributed by atoms with Crippen LogP contribution in [0.4, 0.5) is 5.82 Å². The smallest absolute Gasteiger partial charge is 0.147 e. The summed E-state index contributed by atoms with van der Waals surface area (Å²) in [6, 6.07) is 0.525. The maximum Gasteiger partial charge on any atom is 0.147 e. The van der Waals surface area contributed by atoms with E-state index < -0.39 is 0 Å². The van der Waals surface area contributed by atoms with E-state index >= 15 is 0 Å². The summed E-state index contributed by atoms with van der Waals surface area (Å²) in [5, 5.41) is 0. The molecule has 1 unspecified atom stereocenters. The van der Waals surface area contributed by atoms with Gasteiger partial charge in [-0.15, -0.1) is 0 Å². The fourth-order valence-corrected chi connectivity index (χ4v) is 1.45. The third-order valence-electron chi connectivity index (χ3n) is 2.53. The molecule has 3 heteroatoms. The van der Waals surface area contributed by atoms with Gasteiger partial charge in [-0.25, -0.2) is 4.98 Å². The predicted octanol–water partition coefficient (Wildman–Crippen LogP) is 5.10. The molecule has 0 aliphatic heterocycles. The highest BCUT2D eigenvalue weighted by molar-refractivity contribution is 5.36. The van der Waals surface area contributed by atoms with Gasteiger partial charge in [-0.05, 0) is 33.1 Å². The van der Waals surface area contributed by atoms with Crippen molar-refractivity contribution < 1.29 is 0 Å². The lowest BCUT2D eigenvalue weighted by Crippen LogP contribution is -2.33. The lowest BCUT2D eigenvalue weighted by molar-refractivity contribution is 0.621. The molecule has 0 amide bonds. The summed E-state index contributed by atoms with van der Waals surface area (Å²) in [6.07, 6.45) is 4.80. The summed E-state index contributed by atoms with van der Waals surface area (Å²) in [5.74, 6) is 1.81. The number of anilines is 1. The van der Waals surface area contributed by atoms with Crippen LogP contribution in [0.5, 0.6) is 0 Å².